The summed E-state index contributed by atoms with van der Waals surface area (Å²) in [5.74, 6) is -0.462. The van der Waals surface area contributed by atoms with Crippen LogP contribution in [0.2, 0.25) is 0 Å². The molecule has 0 aliphatic heterocycles. The minimum atomic E-state index is -3.71. The lowest BCUT2D eigenvalue weighted by molar-refractivity contribution is -0.142. The predicted molar refractivity (Wildman–Crippen MR) is 67.6 cm³/mol. The van der Waals surface area contributed by atoms with Gasteiger partial charge in [-0.25, -0.2) is 13.1 Å². The van der Waals surface area contributed by atoms with Crippen LogP contribution in [-0.2, 0) is 19.6 Å². The number of carbonyl (C=O) groups is 1. The molecule has 6 nitrogen and oxygen atoms in total. The van der Waals surface area contributed by atoms with Crippen molar-refractivity contribution in [3.8, 4) is 6.07 Å². The summed E-state index contributed by atoms with van der Waals surface area (Å²) >= 11 is 0. The quantitative estimate of drug-likeness (QED) is 0.778. The summed E-state index contributed by atoms with van der Waals surface area (Å²) in [7, 11) is -3.71. The SMILES string of the molecule is CCOC(=O)CCNS(=O)(=O)c1cccc(C#N)c1. The standard InChI is InChI=1S/C12H14N2O4S/c1-2-18-12(15)6-7-14-19(16,17)11-5-3-4-10(8-11)9-13/h3-5,8,14H,2,6-7H2,1H3. The third-order valence-corrected chi connectivity index (χ3v) is 3.66. The number of nitriles is 1. The molecule has 0 saturated heterocycles. The van der Waals surface area contributed by atoms with Crippen LogP contribution in [0, 0.1) is 11.3 Å². The molecular weight excluding hydrogens is 268 g/mol. The number of ether oxygens (including phenoxy) is 1. The Kier molecular flexibility index (Phi) is 5.48. The molecule has 0 aromatic heterocycles. The van der Waals surface area contributed by atoms with Crippen molar-refractivity contribution in [2.45, 2.75) is 18.2 Å². The van der Waals surface area contributed by atoms with Crippen molar-refractivity contribution in [2.75, 3.05) is 13.2 Å². The molecule has 7 heteroatoms. The topological polar surface area (TPSA) is 96.3 Å². The number of esters is 1. The minimum absolute atomic E-state index is 0.00425. The Bertz CT molecular complexity index is 590. The number of carbonyl (C=O) groups excluding carboxylic acids is 1. The van der Waals surface area contributed by atoms with Crippen LogP contribution in [-0.4, -0.2) is 27.5 Å². The fraction of sp³-hybridized carbons (Fsp3) is 0.333. The number of hydrogen-bond acceptors (Lipinski definition) is 5. The first-order chi connectivity index (χ1) is 8.99. The van der Waals surface area contributed by atoms with Gasteiger partial charge in [-0.2, -0.15) is 5.26 Å². The van der Waals surface area contributed by atoms with Crippen LogP contribution in [0.25, 0.3) is 0 Å². The van der Waals surface area contributed by atoms with Crippen LogP contribution in [0.1, 0.15) is 18.9 Å². The highest BCUT2D eigenvalue weighted by atomic mass is 32.2. The van der Waals surface area contributed by atoms with Gasteiger partial charge in [-0.05, 0) is 25.1 Å². The molecule has 0 fully saturated rings. The second kappa shape index (κ2) is 6.87. The van der Waals surface area contributed by atoms with Gasteiger partial charge in [0.1, 0.15) is 0 Å². The van der Waals surface area contributed by atoms with Crippen LogP contribution in [0.5, 0.6) is 0 Å². The number of nitrogens with zero attached hydrogens (tertiary/aromatic N) is 1. The van der Waals surface area contributed by atoms with Gasteiger partial charge >= 0.3 is 5.97 Å². The van der Waals surface area contributed by atoms with E-state index in [0.717, 1.165) is 0 Å². The second-order valence-electron chi connectivity index (χ2n) is 3.59. The Morgan fingerprint density at radius 3 is 2.84 bits per heavy atom. The monoisotopic (exact) mass is 282 g/mol. The van der Waals surface area contributed by atoms with E-state index in [0.29, 0.717) is 0 Å². The molecule has 0 spiro atoms. The third-order valence-electron chi connectivity index (χ3n) is 2.20. The zero-order valence-electron chi connectivity index (χ0n) is 10.4. The maximum Gasteiger partial charge on any atom is 0.307 e. The molecule has 1 rings (SSSR count). The van der Waals surface area contributed by atoms with Crippen molar-refractivity contribution in [1.29, 1.82) is 5.26 Å². The Balaban J connectivity index is 2.66. The van der Waals surface area contributed by atoms with Crippen molar-refractivity contribution < 1.29 is 17.9 Å². The molecule has 0 atom stereocenters. The summed E-state index contributed by atoms with van der Waals surface area (Å²) in [6, 6.07) is 7.51. The average molecular weight is 282 g/mol. The zero-order valence-corrected chi connectivity index (χ0v) is 11.2. The van der Waals surface area contributed by atoms with E-state index in [1.807, 2.05) is 6.07 Å². The lowest BCUT2D eigenvalue weighted by Crippen LogP contribution is -2.26. The van der Waals surface area contributed by atoms with Crippen LogP contribution in [0.4, 0.5) is 0 Å². The van der Waals surface area contributed by atoms with Crippen molar-refractivity contribution in [3.63, 3.8) is 0 Å². The average Bonchev–Trinajstić information content (AvgIpc) is 2.39. The first-order valence-electron chi connectivity index (χ1n) is 5.65. The lowest BCUT2D eigenvalue weighted by Gasteiger charge is -2.06. The molecule has 0 unspecified atom stereocenters. The molecule has 0 heterocycles. The largest absolute Gasteiger partial charge is 0.466 e. The molecule has 0 amide bonds. The maximum absolute atomic E-state index is 11.9. The number of nitrogens with one attached hydrogen (secondary N) is 1. The van der Waals surface area contributed by atoms with Crippen molar-refractivity contribution in [3.05, 3.63) is 29.8 Å². The van der Waals surface area contributed by atoms with Gasteiger partial charge in [0.15, 0.2) is 0 Å². The van der Waals surface area contributed by atoms with E-state index in [1.54, 1.807) is 6.92 Å². The predicted octanol–water partition coefficient (Wildman–Crippen LogP) is 0.790. The van der Waals surface area contributed by atoms with Crippen molar-refractivity contribution >= 4 is 16.0 Å². The first-order valence-corrected chi connectivity index (χ1v) is 7.13. The van der Waals surface area contributed by atoms with Gasteiger partial charge in [-0.3, -0.25) is 4.79 Å². The maximum atomic E-state index is 11.9. The lowest BCUT2D eigenvalue weighted by atomic mass is 10.2. The van der Waals surface area contributed by atoms with E-state index in [4.69, 9.17) is 5.26 Å². The molecule has 0 radical (unpaired) electrons. The summed E-state index contributed by atoms with van der Waals surface area (Å²) in [5.41, 5.74) is 0.258. The normalized spacial score (nSPS) is 10.7. The van der Waals surface area contributed by atoms with Gasteiger partial charge in [0.25, 0.3) is 0 Å². The highest BCUT2D eigenvalue weighted by Gasteiger charge is 2.14. The van der Waals surface area contributed by atoms with Crippen molar-refractivity contribution in [1.82, 2.24) is 4.72 Å². The first kappa shape index (κ1) is 15.1. The fourth-order valence-corrected chi connectivity index (χ4v) is 2.41. The molecule has 1 N–H and O–H groups in total. The molecule has 1 aromatic rings. The number of hydrogen-bond donors (Lipinski definition) is 1. The molecule has 0 aliphatic carbocycles. The van der Waals surface area contributed by atoms with Gasteiger partial charge in [-0.15, -0.1) is 0 Å². The molecule has 0 aliphatic rings. The summed E-state index contributed by atoms with van der Waals surface area (Å²) in [5, 5.41) is 8.71. The van der Waals surface area contributed by atoms with E-state index in [1.165, 1.54) is 24.3 Å². The van der Waals surface area contributed by atoms with Crippen LogP contribution < -0.4 is 4.72 Å². The second-order valence-corrected chi connectivity index (χ2v) is 5.36. The van der Waals surface area contributed by atoms with Gasteiger partial charge in [0, 0.05) is 6.54 Å². The summed E-state index contributed by atoms with van der Waals surface area (Å²) in [6.45, 7) is 1.89. The summed E-state index contributed by atoms with van der Waals surface area (Å²) < 4.78 is 30.7. The molecule has 19 heavy (non-hydrogen) atoms. The Hall–Kier alpha value is -1.91. The fourth-order valence-electron chi connectivity index (χ4n) is 1.34. The van der Waals surface area contributed by atoms with Gasteiger partial charge in [0.05, 0.1) is 29.6 Å². The van der Waals surface area contributed by atoms with E-state index in [2.05, 4.69) is 9.46 Å². The Labute approximate surface area is 112 Å². The Morgan fingerprint density at radius 1 is 1.47 bits per heavy atom. The number of rotatable bonds is 6. The molecule has 102 valence electrons. The van der Waals surface area contributed by atoms with Crippen LogP contribution in [0.3, 0.4) is 0 Å². The number of sulfonamides is 1. The zero-order chi connectivity index (χ0) is 14.3. The van der Waals surface area contributed by atoms with Crippen LogP contribution in [0.15, 0.2) is 29.2 Å². The van der Waals surface area contributed by atoms with Crippen LogP contribution >= 0.6 is 0 Å². The van der Waals surface area contributed by atoms with E-state index in [-0.39, 0.29) is 30.0 Å². The molecule has 0 bridgehead atoms. The molecular formula is C12H14N2O4S. The smallest absolute Gasteiger partial charge is 0.307 e. The third kappa shape index (κ3) is 4.69. The highest BCUT2D eigenvalue weighted by molar-refractivity contribution is 7.89. The van der Waals surface area contributed by atoms with Gasteiger partial charge in [-0.1, -0.05) is 6.07 Å². The van der Waals surface area contributed by atoms with Crippen molar-refractivity contribution in [2.24, 2.45) is 0 Å². The van der Waals surface area contributed by atoms with E-state index < -0.39 is 16.0 Å². The summed E-state index contributed by atoms with van der Waals surface area (Å²) in [4.78, 5) is 11.1. The highest BCUT2D eigenvalue weighted by Crippen LogP contribution is 2.10. The van der Waals surface area contributed by atoms with Gasteiger partial charge in [0.2, 0.25) is 10.0 Å². The number of benzene rings is 1. The minimum Gasteiger partial charge on any atom is -0.466 e. The van der Waals surface area contributed by atoms with E-state index >= 15 is 0 Å². The van der Waals surface area contributed by atoms with E-state index in [9.17, 15) is 13.2 Å². The van der Waals surface area contributed by atoms with Gasteiger partial charge < -0.3 is 4.74 Å². The molecule has 1 aromatic carbocycles. The summed E-state index contributed by atoms with van der Waals surface area (Å²) in [6.07, 6.45) is -0.0367. The Morgan fingerprint density at radius 2 is 2.21 bits per heavy atom. The molecule has 0 saturated carbocycles.